The Morgan fingerprint density at radius 2 is 1.75 bits per heavy atom. The van der Waals surface area contributed by atoms with Gasteiger partial charge in [0.25, 0.3) is 0 Å². The molecular formula is C10H20N2. The number of nitrogens with one attached hydrogen (secondary N) is 1. The SMILES string of the molecule is CN(C)CC1C[C@H]2CNC[C@H]2C1. The molecule has 1 saturated heterocycles. The van der Waals surface area contributed by atoms with E-state index in [2.05, 4.69) is 24.3 Å². The third-order valence-electron chi connectivity index (χ3n) is 3.38. The fourth-order valence-corrected chi connectivity index (χ4v) is 2.96. The average molecular weight is 168 g/mol. The summed E-state index contributed by atoms with van der Waals surface area (Å²) in [5.41, 5.74) is 0. The van der Waals surface area contributed by atoms with Crippen LogP contribution in [-0.2, 0) is 0 Å². The molecule has 0 bridgehead atoms. The lowest BCUT2D eigenvalue weighted by Gasteiger charge is -2.16. The second-order valence-corrected chi connectivity index (χ2v) is 4.78. The summed E-state index contributed by atoms with van der Waals surface area (Å²) in [6.45, 7) is 3.87. The van der Waals surface area contributed by atoms with Gasteiger partial charge in [0.2, 0.25) is 0 Å². The highest BCUT2D eigenvalue weighted by Gasteiger charge is 2.36. The molecule has 3 atom stereocenters. The molecule has 1 heterocycles. The highest BCUT2D eigenvalue weighted by molar-refractivity contribution is 4.90. The topological polar surface area (TPSA) is 15.3 Å². The lowest BCUT2D eigenvalue weighted by Crippen LogP contribution is -2.22. The highest BCUT2D eigenvalue weighted by atomic mass is 15.1. The minimum absolute atomic E-state index is 0.983. The van der Waals surface area contributed by atoms with Crippen LogP contribution >= 0.6 is 0 Å². The zero-order chi connectivity index (χ0) is 8.55. The minimum Gasteiger partial charge on any atom is -0.316 e. The van der Waals surface area contributed by atoms with E-state index in [1.54, 1.807) is 0 Å². The van der Waals surface area contributed by atoms with Crippen molar-refractivity contribution < 1.29 is 0 Å². The number of nitrogens with zero attached hydrogens (tertiary/aromatic N) is 1. The van der Waals surface area contributed by atoms with Gasteiger partial charge >= 0.3 is 0 Å². The van der Waals surface area contributed by atoms with Gasteiger partial charge in [0.05, 0.1) is 0 Å². The first-order chi connectivity index (χ1) is 5.75. The molecule has 0 radical (unpaired) electrons. The Bertz CT molecular complexity index is 144. The van der Waals surface area contributed by atoms with Gasteiger partial charge in [-0.15, -0.1) is 0 Å². The van der Waals surface area contributed by atoms with Gasteiger partial charge in [-0.3, -0.25) is 0 Å². The fourth-order valence-electron chi connectivity index (χ4n) is 2.96. The molecule has 0 aromatic rings. The van der Waals surface area contributed by atoms with E-state index in [0.717, 1.165) is 17.8 Å². The van der Waals surface area contributed by atoms with Crippen LogP contribution < -0.4 is 5.32 Å². The van der Waals surface area contributed by atoms with Gasteiger partial charge in [-0.1, -0.05) is 0 Å². The first-order valence-corrected chi connectivity index (χ1v) is 5.11. The molecule has 0 amide bonds. The quantitative estimate of drug-likeness (QED) is 0.656. The maximum Gasteiger partial charge on any atom is 0.000378 e. The van der Waals surface area contributed by atoms with Gasteiger partial charge in [-0.25, -0.2) is 0 Å². The molecular weight excluding hydrogens is 148 g/mol. The van der Waals surface area contributed by atoms with Crippen LogP contribution in [0.2, 0.25) is 0 Å². The molecule has 1 aliphatic heterocycles. The van der Waals surface area contributed by atoms with Crippen LogP contribution in [0.5, 0.6) is 0 Å². The van der Waals surface area contributed by atoms with E-state index in [4.69, 9.17) is 0 Å². The van der Waals surface area contributed by atoms with Gasteiger partial charge in [0.15, 0.2) is 0 Å². The molecule has 70 valence electrons. The second-order valence-electron chi connectivity index (χ2n) is 4.78. The highest BCUT2D eigenvalue weighted by Crippen LogP contribution is 2.38. The zero-order valence-electron chi connectivity index (χ0n) is 8.21. The maximum atomic E-state index is 3.48. The molecule has 0 aromatic carbocycles. The molecule has 1 saturated carbocycles. The van der Waals surface area contributed by atoms with Crippen LogP contribution in [0.25, 0.3) is 0 Å². The molecule has 1 unspecified atom stereocenters. The van der Waals surface area contributed by atoms with Crippen LogP contribution in [0, 0.1) is 17.8 Å². The van der Waals surface area contributed by atoms with E-state index in [1.807, 2.05) is 0 Å². The van der Waals surface area contributed by atoms with Gasteiger partial charge in [0, 0.05) is 6.54 Å². The van der Waals surface area contributed by atoms with Gasteiger partial charge < -0.3 is 10.2 Å². The van der Waals surface area contributed by atoms with Crippen molar-refractivity contribution >= 4 is 0 Å². The predicted octanol–water partition coefficient (Wildman–Crippen LogP) is 0.794. The second kappa shape index (κ2) is 3.35. The van der Waals surface area contributed by atoms with Gasteiger partial charge in [0.1, 0.15) is 0 Å². The molecule has 0 spiro atoms. The number of rotatable bonds is 2. The summed E-state index contributed by atoms with van der Waals surface area (Å²) in [6, 6.07) is 0. The predicted molar refractivity (Wildman–Crippen MR) is 51.1 cm³/mol. The molecule has 2 rings (SSSR count). The lowest BCUT2D eigenvalue weighted by atomic mass is 10.0. The van der Waals surface area contributed by atoms with Crippen molar-refractivity contribution in [3.05, 3.63) is 0 Å². The van der Waals surface area contributed by atoms with Crippen LogP contribution in [0.4, 0.5) is 0 Å². The Labute approximate surface area is 75.3 Å². The molecule has 2 heteroatoms. The summed E-state index contributed by atoms with van der Waals surface area (Å²) in [4.78, 5) is 2.33. The molecule has 2 nitrogen and oxygen atoms in total. The summed E-state index contributed by atoms with van der Waals surface area (Å²) in [5.74, 6) is 3.00. The van der Waals surface area contributed by atoms with E-state index in [1.165, 1.54) is 32.5 Å². The van der Waals surface area contributed by atoms with E-state index < -0.39 is 0 Å². The Hall–Kier alpha value is -0.0800. The zero-order valence-corrected chi connectivity index (χ0v) is 8.21. The number of hydrogen-bond acceptors (Lipinski definition) is 2. The summed E-state index contributed by atoms with van der Waals surface area (Å²) in [7, 11) is 4.37. The fraction of sp³-hybridized carbons (Fsp3) is 1.00. The molecule has 2 fully saturated rings. The largest absolute Gasteiger partial charge is 0.316 e. The van der Waals surface area contributed by atoms with E-state index in [-0.39, 0.29) is 0 Å². The Morgan fingerprint density at radius 1 is 1.17 bits per heavy atom. The van der Waals surface area contributed by atoms with Crippen molar-refractivity contribution in [2.45, 2.75) is 12.8 Å². The third-order valence-corrected chi connectivity index (χ3v) is 3.38. The minimum atomic E-state index is 0.983. The van der Waals surface area contributed by atoms with Gasteiger partial charge in [-0.05, 0) is 57.8 Å². The van der Waals surface area contributed by atoms with Crippen molar-refractivity contribution in [2.75, 3.05) is 33.7 Å². The molecule has 1 aliphatic carbocycles. The Morgan fingerprint density at radius 3 is 2.25 bits per heavy atom. The van der Waals surface area contributed by atoms with Crippen molar-refractivity contribution in [3.63, 3.8) is 0 Å². The third kappa shape index (κ3) is 1.64. The van der Waals surface area contributed by atoms with Crippen molar-refractivity contribution in [1.82, 2.24) is 10.2 Å². The number of fused-ring (bicyclic) bond motifs is 1. The number of hydrogen-bond donors (Lipinski definition) is 1. The Kier molecular flexibility index (Phi) is 2.37. The molecule has 0 aromatic heterocycles. The van der Waals surface area contributed by atoms with E-state index >= 15 is 0 Å². The molecule has 2 aliphatic rings. The van der Waals surface area contributed by atoms with Crippen LogP contribution in [-0.4, -0.2) is 38.6 Å². The van der Waals surface area contributed by atoms with Crippen LogP contribution in [0.1, 0.15) is 12.8 Å². The Balaban J connectivity index is 1.82. The first kappa shape index (κ1) is 8.52. The maximum absolute atomic E-state index is 3.48. The van der Waals surface area contributed by atoms with Crippen molar-refractivity contribution in [1.29, 1.82) is 0 Å². The van der Waals surface area contributed by atoms with Crippen LogP contribution in [0.3, 0.4) is 0 Å². The van der Waals surface area contributed by atoms with Crippen LogP contribution in [0.15, 0.2) is 0 Å². The first-order valence-electron chi connectivity index (χ1n) is 5.11. The van der Waals surface area contributed by atoms with E-state index in [9.17, 15) is 0 Å². The summed E-state index contributed by atoms with van der Waals surface area (Å²) in [5, 5.41) is 3.48. The van der Waals surface area contributed by atoms with Crippen molar-refractivity contribution in [3.8, 4) is 0 Å². The smallest absolute Gasteiger partial charge is 0.000378 e. The molecule has 1 N–H and O–H groups in total. The van der Waals surface area contributed by atoms with Gasteiger partial charge in [-0.2, -0.15) is 0 Å². The standard InChI is InChI=1S/C10H20N2/c1-12(2)7-8-3-9-5-11-6-10(9)4-8/h8-11H,3-7H2,1-2H3/t8?,9-,10+. The van der Waals surface area contributed by atoms with E-state index in [0.29, 0.717) is 0 Å². The summed E-state index contributed by atoms with van der Waals surface area (Å²) < 4.78 is 0. The monoisotopic (exact) mass is 168 g/mol. The lowest BCUT2D eigenvalue weighted by molar-refractivity contribution is 0.317. The summed E-state index contributed by atoms with van der Waals surface area (Å²) in [6.07, 6.45) is 2.94. The normalized spacial score (nSPS) is 40.8. The van der Waals surface area contributed by atoms with Crippen molar-refractivity contribution in [2.24, 2.45) is 17.8 Å². The summed E-state index contributed by atoms with van der Waals surface area (Å²) >= 11 is 0. The molecule has 12 heavy (non-hydrogen) atoms. The average Bonchev–Trinajstić information content (AvgIpc) is 2.43.